The van der Waals surface area contributed by atoms with Gasteiger partial charge in [-0.15, -0.1) is 0 Å². The van der Waals surface area contributed by atoms with Crippen molar-refractivity contribution < 1.29 is 4.39 Å². The number of H-pyrrole nitrogens is 1. The molecule has 1 unspecified atom stereocenters. The topological polar surface area (TPSA) is 67.6 Å². The molecule has 0 spiro atoms. The third-order valence-electron chi connectivity index (χ3n) is 2.67. The zero-order chi connectivity index (χ0) is 13.0. The third kappa shape index (κ3) is 3.08. The Morgan fingerprint density at radius 1 is 1.50 bits per heavy atom. The standard InChI is InChI=1S/C12H15FN4S/c1-2-8(14)6-9-10(13)4-3-5-11(9)18-12-15-7-16-17-12/h3-5,7-8H,2,6,14H2,1H3,(H,15,16,17). The molecule has 1 aromatic heterocycles. The maximum Gasteiger partial charge on any atom is 0.188 e. The number of nitrogens with one attached hydrogen (secondary N) is 1. The van der Waals surface area contributed by atoms with Crippen LogP contribution in [0.2, 0.25) is 0 Å². The van der Waals surface area contributed by atoms with Gasteiger partial charge in [0.25, 0.3) is 0 Å². The predicted molar refractivity (Wildman–Crippen MR) is 68.9 cm³/mol. The second-order valence-electron chi connectivity index (χ2n) is 3.98. The van der Waals surface area contributed by atoms with Gasteiger partial charge in [0.05, 0.1) is 0 Å². The number of hydrogen-bond acceptors (Lipinski definition) is 4. The quantitative estimate of drug-likeness (QED) is 0.872. The summed E-state index contributed by atoms with van der Waals surface area (Å²) in [7, 11) is 0. The van der Waals surface area contributed by atoms with E-state index in [1.807, 2.05) is 13.0 Å². The lowest BCUT2D eigenvalue weighted by molar-refractivity contribution is 0.571. The zero-order valence-electron chi connectivity index (χ0n) is 10.1. The fraction of sp³-hybridized carbons (Fsp3) is 0.333. The molecular weight excluding hydrogens is 251 g/mol. The number of rotatable bonds is 5. The van der Waals surface area contributed by atoms with E-state index in [-0.39, 0.29) is 11.9 Å². The monoisotopic (exact) mass is 266 g/mol. The van der Waals surface area contributed by atoms with Crippen molar-refractivity contribution in [2.45, 2.75) is 35.9 Å². The molecular formula is C12H15FN4S. The van der Waals surface area contributed by atoms with Gasteiger partial charge in [0.2, 0.25) is 0 Å². The van der Waals surface area contributed by atoms with Crippen LogP contribution in [0.15, 0.2) is 34.6 Å². The van der Waals surface area contributed by atoms with Crippen LogP contribution in [-0.2, 0) is 6.42 Å². The van der Waals surface area contributed by atoms with Crippen molar-refractivity contribution in [2.75, 3.05) is 0 Å². The Morgan fingerprint density at radius 3 is 3.00 bits per heavy atom. The molecule has 3 N–H and O–H groups in total. The first kappa shape index (κ1) is 13.0. The molecule has 4 nitrogen and oxygen atoms in total. The van der Waals surface area contributed by atoms with Gasteiger partial charge in [0, 0.05) is 16.5 Å². The van der Waals surface area contributed by atoms with Crippen LogP contribution in [0, 0.1) is 5.82 Å². The first-order valence-corrected chi connectivity index (χ1v) is 6.58. The van der Waals surface area contributed by atoms with E-state index in [1.54, 1.807) is 6.07 Å². The SMILES string of the molecule is CCC(N)Cc1c(F)cccc1Sc1ncn[nH]1. The number of benzene rings is 1. The molecule has 0 bridgehead atoms. The first-order valence-electron chi connectivity index (χ1n) is 5.77. The molecule has 0 saturated carbocycles. The molecule has 0 aliphatic carbocycles. The summed E-state index contributed by atoms with van der Waals surface area (Å²) < 4.78 is 13.9. The van der Waals surface area contributed by atoms with Crippen LogP contribution in [0.25, 0.3) is 0 Å². The lowest BCUT2D eigenvalue weighted by Gasteiger charge is -2.13. The Hall–Kier alpha value is -1.40. The second kappa shape index (κ2) is 5.97. The average Bonchev–Trinajstić information content (AvgIpc) is 2.86. The van der Waals surface area contributed by atoms with E-state index in [9.17, 15) is 4.39 Å². The van der Waals surface area contributed by atoms with Gasteiger partial charge in [-0.3, -0.25) is 5.10 Å². The molecule has 0 aliphatic heterocycles. The van der Waals surface area contributed by atoms with E-state index in [4.69, 9.17) is 5.73 Å². The first-order chi connectivity index (χ1) is 8.70. The van der Waals surface area contributed by atoms with Gasteiger partial charge in [-0.2, -0.15) is 5.10 Å². The summed E-state index contributed by atoms with van der Waals surface area (Å²) in [6, 6.07) is 4.99. The van der Waals surface area contributed by atoms with Crippen LogP contribution in [0.5, 0.6) is 0 Å². The maximum absolute atomic E-state index is 13.9. The van der Waals surface area contributed by atoms with E-state index >= 15 is 0 Å². The summed E-state index contributed by atoms with van der Waals surface area (Å²) in [6.07, 6.45) is 2.78. The summed E-state index contributed by atoms with van der Waals surface area (Å²) in [5, 5.41) is 7.17. The third-order valence-corrected chi connectivity index (χ3v) is 3.66. The minimum Gasteiger partial charge on any atom is -0.327 e. The lowest BCUT2D eigenvalue weighted by Crippen LogP contribution is -2.22. The van der Waals surface area contributed by atoms with Crippen LogP contribution < -0.4 is 5.73 Å². The highest BCUT2D eigenvalue weighted by atomic mass is 32.2. The Bertz CT molecular complexity index is 501. The zero-order valence-corrected chi connectivity index (χ0v) is 10.9. The van der Waals surface area contributed by atoms with E-state index in [0.29, 0.717) is 17.1 Å². The molecule has 1 heterocycles. The van der Waals surface area contributed by atoms with Gasteiger partial charge >= 0.3 is 0 Å². The minimum atomic E-state index is -0.219. The molecule has 96 valence electrons. The number of aromatic amines is 1. The lowest BCUT2D eigenvalue weighted by atomic mass is 10.0. The Balaban J connectivity index is 2.26. The Morgan fingerprint density at radius 2 is 2.33 bits per heavy atom. The number of nitrogens with zero attached hydrogens (tertiary/aromatic N) is 2. The van der Waals surface area contributed by atoms with Crippen molar-refractivity contribution in [3.8, 4) is 0 Å². The van der Waals surface area contributed by atoms with Gasteiger partial charge < -0.3 is 5.73 Å². The van der Waals surface area contributed by atoms with Gasteiger partial charge in [-0.1, -0.05) is 13.0 Å². The highest BCUT2D eigenvalue weighted by molar-refractivity contribution is 7.99. The van der Waals surface area contributed by atoms with Crippen LogP contribution in [0.3, 0.4) is 0 Å². The molecule has 1 atom stereocenters. The molecule has 18 heavy (non-hydrogen) atoms. The summed E-state index contributed by atoms with van der Waals surface area (Å²) in [5.74, 6) is -0.219. The van der Waals surface area contributed by atoms with Crippen molar-refractivity contribution in [1.29, 1.82) is 0 Å². The van der Waals surface area contributed by atoms with Gasteiger partial charge in [0.1, 0.15) is 12.1 Å². The van der Waals surface area contributed by atoms with Crippen molar-refractivity contribution in [1.82, 2.24) is 15.2 Å². The van der Waals surface area contributed by atoms with E-state index in [1.165, 1.54) is 24.2 Å². The minimum absolute atomic E-state index is 0.0315. The average molecular weight is 266 g/mol. The molecule has 0 radical (unpaired) electrons. The molecule has 0 fully saturated rings. The van der Waals surface area contributed by atoms with Crippen LogP contribution in [0.1, 0.15) is 18.9 Å². The number of halogens is 1. The maximum atomic E-state index is 13.9. The number of hydrogen-bond donors (Lipinski definition) is 2. The normalized spacial score (nSPS) is 12.6. The highest BCUT2D eigenvalue weighted by Crippen LogP contribution is 2.30. The summed E-state index contributed by atoms with van der Waals surface area (Å²) in [4.78, 5) is 4.85. The van der Waals surface area contributed by atoms with Crippen molar-refractivity contribution in [3.63, 3.8) is 0 Å². The van der Waals surface area contributed by atoms with E-state index < -0.39 is 0 Å². The van der Waals surface area contributed by atoms with Crippen LogP contribution in [0.4, 0.5) is 4.39 Å². The van der Waals surface area contributed by atoms with Crippen molar-refractivity contribution >= 4 is 11.8 Å². The fourth-order valence-corrected chi connectivity index (χ4v) is 2.44. The molecule has 2 rings (SSSR count). The van der Waals surface area contributed by atoms with Crippen LogP contribution in [-0.4, -0.2) is 21.2 Å². The summed E-state index contributed by atoms with van der Waals surface area (Å²) in [6.45, 7) is 1.99. The molecule has 0 amide bonds. The molecule has 1 aromatic carbocycles. The van der Waals surface area contributed by atoms with E-state index in [2.05, 4.69) is 15.2 Å². The predicted octanol–water partition coefficient (Wildman–Crippen LogP) is 2.37. The Kier molecular flexibility index (Phi) is 4.33. The summed E-state index contributed by atoms with van der Waals surface area (Å²) >= 11 is 1.36. The van der Waals surface area contributed by atoms with Gasteiger partial charge in [-0.25, -0.2) is 9.37 Å². The highest BCUT2D eigenvalue weighted by Gasteiger charge is 2.13. The second-order valence-corrected chi connectivity index (χ2v) is 5.01. The molecule has 0 saturated heterocycles. The van der Waals surface area contributed by atoms with Gasteiger partial charge in [-0.05, 0) is 36.7 Å². The van der Waals surface area contributed by atoms with E-state index in [0.717, 1.165) is 11.3 Å². The molecule has 0 aliphatic rings. The number of aromatic nitrogens is 3. The number of nitrogens with two attached hydrogens (primary N) is 1. The van der Waals surface area contributed by atoms with Crippen molar-refractivity contribution in [2.24, 2.45) is 5.73 Å². The van der Waals surface area contributed by atoms with Crippen molar-refractivity contribution in [3.05, 3.63) is 35.9 Å². The largest absolute Gasteiger partial charge is 0.327 e. The van der Waals surface area contributed by atoms with Gasteiger partial charge in [0.15, 0.2) is 5.16 Å². The Labute approximate surface area is 109 Å². The molecule has 6 heteroatoms. The molecule has 2 aromatic rings. The van der Waals surface area contributed by atoms with Crippen LogP contribution >= 0.6 is 11.8 Å². The fourth-order valence-electron chi connectivity index (χ4n) is 1.59. The summed E-state index contributed by atoms with van der Waals surface area (Å²) in [5.41, 5.74) is 6.55. The smallest absolute Gasteiger partial charge is 0.188 e.